The fraction of sp³-hybridized carbons (Fsp3) is 0.533. The summed E-state index contributed by atoms with van der Waals surface area (Å²) < 4.78 is 55.3. The van der Waals surface area contributed by atoms with Crippen molar-refractivity contribution in [3.05, 3.63) is 29.3 Å². The van der Waals surface area contributed by atoms with Crippen LogP contribution in [-0.2, 0) is 0 Å². The molecule has 23 heavy (non-hydrogen) atoms. The first kappa shape index (κ1) is 19.2. The van der Waals surface area contributed by atoms with E-state index in [-0.39, 0.29) is 18.6 Å². The Bertz CT molecular complexity index is 527. The lowest BCUT2D eigenvalue weighted by molar-refractivity contribution is -0.0501. The molecule has 0 saturated heterocycles. The lowest BCUT2D eigenvalue weighted by Gasteiger charge is -2.21. The van der Waals surface area contributed by atoms with E-state index in [1.54, 1.807) is 0 Å². The first-order valence-corrected chi connectivity index (χ1v) is 6.99. The maximum absolute atomic E-state index is 13.7. The van der Waals surface area contributed by atoms with E-state index in [1.807, 2.05) is 13.8 Å². The van der Waals surface area contributed by atoms with Crippen LogP contribution >= 0.6 is 0 Å². The molecule has 0 aliphatic rings. The average Bonchev–Trinajstić information content (AvgIpc) is 2.42. The minimum absolute atomic E-state index is 0.0181. The van der Waals surface area contributed by atoms with E-state index in [1.165, 1.54) is 0 Å². The predicted molar refractivity (Wildman–Crippen MR) is 75.4 cm³/mol. The fourth-order valence-corrected chi connectivity index (χ4v) is 1.87. The average molecular weight is 337 g/mol. The number of carbonyl (C=O) groups is 1. The number of hydrogen-bond acceptors (Lipinski definition) is 3. The molecule has 0 atom stereocenters. The van der Waals surface area contributed by atoms with Crippen LogP contribution in [-0.4, -0.2) is 30.8 Å². The Morgan fingerprint density at radius 1 is 1.30 bits per heavy atom. The highest BCUT2D eigenvalue weighted by Crippen LogP contribution is 2.23. The van der Waals surface area contributed by atoms with Crippen LogP contribution in [0.2, 0.25) is 0 Å². The van der Waals surface area contributed by atoms with Crippen LogP contribution in [0.4, 0.5) is 17.6 Å². The van der Waals surface area contributed by atoms with Gasteiger partial charge in [0.1, 0.15) is 22.9 Å². The molecule has 0 saturated carbocycles. The van der Waals surface area contributed by atoms with Crippen molar-refractivity contribution in [1.82, 2.24) is 5.32 Å². The van der Waals surface area contributed by atoms with E-state index >= 15 is 0 Å². The molecular formula is C15H19F4NO3. The Kier molecular flexibility index (Phi) is 6.80. The van der Waals surface area contributed by atoms with Crippen LogP contribution in [0, 0.1) is 17.0 Å². The van der Waals surface area contributed by atoms with Gasteiger partial charge in [0, 0.05) is 25.3 Å². The molecule has 1 amide bonds. The molecule has 0 aliphatic heterocycles. The Balaban J connectivity index is 2.66. The molecule has 0 aliphatic carbocycles. The third-order valence-corrected chi connectivity index (χ3v) is 3.21. The summed E-state index contributed by atoms with van der Waals surface area (Å²) in [6.07, 6.45) is 1.12. The van der Waals surface area contributed by atoms with Crippen molar-refractivity contribution >= 4 is 5.91 Å². The number of halogens is 4. The second-order valence-corrected chi connectivity index (χ2v) is 5.82. The molecule has 0 heterocycles. The number of alkyl halides is 2. The van der Waals surface area contributed by atoms with E-state index in [0.717, 1.165) is 0 Å². The third-order valence-electron chi connectivity index (χ3n) is 3.21. The van der Waals surface area contributed by atoms with Crippen LogP contribution in [0.25, 0.3) is 0 Å². The first-order valence-electron chi connectivity index (χ1n) is 6.99. The SMILES string of the molecule is CC(C)(CO)CCCNC(=O)c1c(F)cc(OC(F)F)cc1F. The molecule has 0 aromatic heterocycles. The third kappa shape index (κ3) is 6.05. The van der Waals surface area contributed by atoms with Crippen molar-refractivity contribution in [2.45, 2.75) is 33.3 Å². The zero-order valence-corrected chi connectivity index (χ0v) is 12.8. The number of carbonyl (C=O) groups excluding carboxylic acids is 1. The monoisotopic (exact) mass is 337 g/mol. The second-order valence-electron chi connectivity index (χ2n) is 5.82. The van der Waals surface area contributed by atoms with Gasteiger partial charge in [-0.2, -0.15) is 8.78 Å². The summed E-state index contributed by atoms with van der Waals surface area (Å²) in [7, 11) is 0. The number of aliphatic hydroxyl groups is 1. The summed E-state index contributed by atoms with van der Waals surface area (Å²) in [6, 6.07) is 1.05. The van der Waals surface area contributed by atoms with E-state index in [4.69, 9.17) is 5.11 Å². The molecule has 2 N–H and O–H groups in total. The molecule has 1 aromatic rings. The van der Waals surface area contributed by atoms with Crippen molar-refractivity contribution in [2.24, 2.45) is 5.41 Å². The van der Waals surface area contributed by atoms with Gasteiger partial charge in [-0.3, -0.25) is 4.79 Å². The van der Waals surface area contributed by atoms with Crippen molar-refractivity contribution in [3.8, 4) is 5.75 Å². The number of hydrogen-bond donors (Lipinski definition) is 2. The van der Waals surface area contributed by atoms with E-state index < -0.39 is 35.5 Å². The molecule has 0 unspecified atom stereocenters. The lowest BCUT2D eigenvalue weighted by atomic mass is 9.89. The van der Waals surface area contributed by atoms with Crippen LogP contribution in [0.15, 0.2) is 12.1 Å². The van der Waals surface area contributed by atoms with Crippen molar-refractivity contribution in [2.75, 3.05) is 13.2 Å². The Hall–Kier alpha value is -1.83. The molecule has 8 heteroatoms. The largest absolute Gasteiger partial charge is 0.435 e. The molecule has 130 valence electrons. The van der Waals surface area contributed by atoms with Crippen LogP contribution in [0.3, 0.4) is 0 Å². The van der Waals surface area contributed by atoms with Gasteiger partial charge < -0.3 is 15.2 Å². The van der Waals surface area contributed by atoms with E-state index in [9.17, 15) is 22.4 Å². The van der Waals surface area contributed by atoms with E-state index in [2.05, 4.69) is 10.1 Å². The normalized spacial score (nSPS) is 11.7. The standard InChI is InChI=1S/C15H19F4NO3/c1-15(2,8-21)4-3-5-20-13(22)12-10(16)6-9(7-11(12)17)23-14(18)19/h6-7,14,21H,3-5,8H2,1-2H3,(H,20,22). The maximum Gasteiger partial charge on any atom is 0.387 e. The number of aliphatic hydroxyl groups excluding tert-OH is 1. The summed E-state index contributed by atoms with van der Waals surface area (Å²) in [4.78, 5) is 11.8. The number of amides is 1. The van der Waals surface area contributed by atoms with Crippen LogP contribution in [0.1, 0.15) is 37.0 Å². The molecule has 1 rings (SSSR count). The summed E-state index contributed by atoms with van der Waals surface area (Å²) in [5.41, 5.74) is -1.16. The highest BCUT2D eigenvalue weighted by molar-refractivity contribution is 5.94. The zero-order valence-electron chi connectivity index (χ0n) is 12.8. The smallest absolute Gasteiger partial charge is 0.387 e. The molecule has 0 radical (unpaired) electrons. The highest BCUT2D eigenvalue weighted by atomic mass is 19.3. The minimum atomic E-state index is -3.22. The Morgan fingerprint density at radius 2 is 1.87 bits per heavy atom. The van der Waals surface area contributed by atoms with Gasteiger partial charge in [0.05, 0.1) is 0 Å². The van der Waals surface area contributed by atoms with Crippen LogP contribution in [0.5, 0.6) is 5.75 Å². The van der Waals surface area contributed by atoms with Gasteiger partial charge in [0.15, 0.2) is 0 Å². The fourth-order valence-electron chi connectivity index (χ4n) is 1.87. The molecule has 0 fully saturated rings. The molecule has 1 aromatic carbocycles. The number of ether oxygens (including phenoxy) is 1. The Morgan fingerprint density at radius 3 is 2.35 bits per heavy atom. The zero-order chi connectivity index (χ0) is 17.6. The maximum atomic E-state index is 13.7. The van der Waals surface area contributed by atoms with Gasteiger partial charge in [-0.15, -0.1) is 0 Å². The second kappa shape index (κ2) is 8.14. The minimum Gasteiger partial charge on any atom is -0.435 e. The number of rotatable bonds is 8. The summed E-state index contributed by atoms with van der Waals surface area (Å²) in [6.45, 7) is 0.612. The van der Waals surface area contributed by atoms with Crippen molar-refractivity contribution in [3.63, 3.8) is 0 Å². The Labute approximate surface area is 131 Å². The van der Waals surface area contributed by atoms with Gasteiger partial charge in [-0.25, -0.2) is 8.78 Å². The number of benzene rings is 1. The molecule has 4 nitrogen and oxygen atoms in total. The van der Waals surface area contributed by atoms with E-state index in [0.29, 0.717) is 25.0 Å². The highest BCUT2D eigenvalue weighted by Gasteiger charge is 2.21. The quantitative estimate of drug-likeness (QED) is 0.566. The van der Waals surface area contributed by atoms with Gasteiger partial charge in [-0.1, -0.05) is 13.8 Å². The van der Waals surface area contributed by atoms with Gasteiger partial charge in [-0.05, 0) is 18.3 Å². The molecular weight excluding hydrogens is 318 g/mol. The summed E-state index contributed by atoms with van der Waals surface area (Å²) >= 11 is 0. The molecule has 0 bridgehead atoms. The summed E-state index contributed by atoms with van der Waals surface area (Å²) in [5.74, 6) is -4.25. The topological polar surface area (TPSA) is 58.6 Å². The number of nitrogens with one attached hydrogen (secondary N) is 1. The van der Waals surface area contributed by atoms with Gasteiger partial charge >= 0.3 is 6.61 Å². The van der Waals surface area contributed by atoms with Crippen molar-refractivity contribution < 1.29 is 32.2 Å². The van der Waals surface area contributed by atoms with Crippen LogP contribution < -0.4 is 10.1 Å². The van der Waals surface area contributed by atoms with Crippen molar-refractivity contribution in [1.29, 1.82) is 0 Å². The predicted octanol–water partition coefficient (Wildman–Crippen LogP) is 3.09. The van der Waals surface area contributed by atoms with Gasteiger partial charge in [0.25, 0.3) is 5.91 Å². The lowest BCUT2D eigenvalue weighted by Crippen LogP contribution is -2.28. The molecule has 0 spiro atoms. The van der Waals surface area contributed by atoms with Gasteiger partial charge in [0.2, 0.25) is 0 Å². The summed E-state index contributed by atoms with van der Waals surface area (Å²) in [5, 5.41) is 11.4. The first-order chi connectivity index (χ1) is 10.7.